The van der Waals surface area contributed by atoms with Crippen LogP contribution in [0.2, 0.25) is 5.02 Å². The highest BCUT2D eigenvalue weighted by Gasteiger charge is 2.29. The van der Waals surface area contributed by atoms with Crippen LogP contribution in [0.3, 0.4) is 0 Å². The first-order valence-electron chi connectivity index (χ1n) is 9.95. The monoisotopic (exact) mass is 396 g/mol. The number of hydrogen-bond donors (Lipinski definition) is 1. The standard InChI is InChI=1S/C22H25ClN4O/c1-14-9-21(28-2)19(23)11-18(14)20-13-27-8-6-17(10-22(27)25-20)26-7-5-16(12-26)24-15-3-4-15/h6,8-11,13,15-16,24H,3-5,7,12H2,1-2H3. The van der Waals surface area contributed by atoms with Gasteiger partial charge in [-0.1, -0.05) is 11.6 Å². The number of halogens is 1. The van der Waals surface area contributed by atoms with Crippen LogP contribution in [-0.4, -0.2) is 41.7 Å². The summed E-state index contributed by atoms with van der Waals surface area (Å²) < 4.78 is 7.39. The minimum absolute atomic E-state index is 0.604. The van der Waals surface area contributed by atoms with Crippen LogP contribution >= 0.6 is 11.6 Å². The van der Waals surface area contributed by atoms with E-state index in [4.69, 9.17) is 21.3 Å². The minimum atomic E-state index is 0.604. The molecule has 1 unspecified atom stereocenters. The molecule has 2 aliphatic rings. The van der Waals surface area contributed by atoms with Crippen LogP contribution in [0.4, 0.5) is 5.69 Å². The Kier molecular flexibility index (Phi) is 4.44. The first-order chi connectivity index (χ1) is 13.6. The quantitative estimate of drug-likeness (QED) is 0.698. The van der Waals surface area contributed by atoms with Crippen molar-refractivity contribution in [1.82, 2.24) is 14.7 Å². The molecule has 2 fully saturated rings. The number of fused-ring (bicyclic) bond motifs is 1. The number of hydrogen-bond acceptors (Lipinski definition) is 4. The third-order valence-corrected chi connectivity index (χ3v) is 6.12. The minimum Gasteiger partial charge on any atom is -0.495 e. The van der Waals surface area contributed by atoms with Crippen LogP contribution in [0.15, 0.2) is 36.7 Å². The number of benzene rings is 1. The first-order valence-corrected chi connectivity index (χ1v) is 10.3. The number of nitrogens with one attached hydrogen (secondary N) is 1. The molecule has 1 atom stereocenters. The normalized spacial score (nSPS) is 19.5. The molecule has 2 aromatic heterocycles. The number of methoxy groups -OCH3 is 1. The Morgan fingerprint density at radius 3 is 2.82 bits per heavy atom. The molecule has 0 radical (unpaired) electrons. The molecule has 146 valence electrons. The Balaban J connectivity index is 1.42. The van der Waals surface area contributed by atoms with Crippen LogP contribution in [0.1, 0.15) is 24.8 Å². The highest BCUT2D eigenvalue weighted by Crippen LogP contribution is 2.33. The largest absolute Gasteiger partial charge is 0.495 e. The average molecular weight is 397 g/mol. The van der Waals surface area contributed by atoms with Crippen LogP contribution in [0, 0.1) is 6.92 Å². The molecule has 1 aromatic carbocycles. The van der Waals surface area contributed by atoms with E-state index < -0.39 is 0 Å². The Hall–Kier alpha value is -2.24. The molecule has 6 heteroatoms. The topological polar surface area (TPSA) is 41.8 Å². The number of anilines is 1. The summed E-state index contributed by atoms with van der Waals surface area (Å²) in [7, 11) is 1.63. The van der Waals surface area contributed by atoms with Gasteiger partial charge in [-0.2, -0.15) is 0 Å². The summed E-state index contributed by atoms with van der Waals surface area (Å²) in [6, 6.07) is 9.65. The molecule has 1 saturated heterocycles. The van der Waals surface area contributed by atoms with Crippen molar-refractivity contribution >= 4 is 22.9 Å². The van der Waals surface area contributed by atoms with Gasteiger partial charge in [0.2, 0.25) is 0 Å². The van der Waals surface area contributed by atoms with E-state index in [0.29, 0.717) is 16.8 Å². The molecule has 1 saturated carbocycles. The van der Waals surface area contributed by atoms with E-state index in [1.807, 2.05) is 12.1 Å². The Morgan fingerprint density at radius 2 is 2.04 bits per heavy atom. The van der Waals surface area contributed by atoms with Crippen molar-refractivity contribution in [3.05, 3.63) is 47.2 Å². The van der Waals surface area contributed by atoms with Gasteiger partial charge < -0.3 is 19.4 Å². The van der Waals surface area contributed by atoms with Crippen molar-refractivity contribution in [1.29, 1.82) is 0 Å². The summed E-state index contributed by atoms with van der Waals surface area (Å²) in [4.78, 5) is 7.33. The van der Waals surface area contributed by atoms with E-state index in [1.54, 1.807) is 7.11 Å². The van der Waals surface area contributed by atoms with Gasteiger partial charge >= 0.3 is 0 Å². The third-order valence-electron chi connectivity index (χ3n) is 5.82. The van der Waals surface area contributed by atoms with Crippen molar-refractivity contribution in [2.75, 3.05) is 25.1 Å². The molecule has 3 aromatic rings. The molecule has 28 heavy (non-hydrogen) atoms. The molecule has 1 aliphatic heterocycles. The lowest BCUT2D eigenvalue weighted by Gasteiger charge is -2.19. The number of imidazole rings is 1. The van der Waals surface area contributed by atoms with E-state index in [0.717, 1.165) is 41.6 Å². The smallest absolute Gasteiger partial charge is 0.139 e. The number of ether oxygens (including phenoxy) is 1. The number of nitrogens with zero attached hydrogens (tertiary/aromatic N) is 3. The van der Waals surface area contributed by atoms with E-state index in [1.165, 1.54) is 24.9 Å². The number of rotatable bonds is 5. The van der Waals surface area contributed by atoms with Crippen LogP contribution in [-0.2, 0) is 0 Å². The Morgan fingerprint density at radius 1 is 1.18 bits per heavy atom. The fourth-order valence-corrected chi connectivity index (χ4v) is 4.34. The second-order valence-corrected chi connectivity index (χ2v) is 8.36. The summed E-state index contributed by atoms with van der Waals surface area (Å²) in [5, 5.41) is 4.35. The second-order valence-electron chi connectivity index (χ2n) is 7.95. The Labute approximate surface area is 170 Å². The van der Waals surface area contributed by atoms with E-state index in [9.17, 15) is 0 Å². The summed E-state index contributed by atoms with van der Waals surface area (Å²) in [5.41, 5.74) is 5.25. The fraction of sp³-hybridized carbons (Fsp3) is 0.409. The molecular formula is C22H25ClN4O. The van der Waals surface area contributed by atoms with Crippen molar-refractivity contribution in [2.45, 2.75) is 38.3 Å². The predicted molar refractivity (Wildman–Crippen MR) is 114 cm³/mol. The van der Waals surface area contributed by atoms with Gasteiger partial charge in [0.1, 0.15) is 11.4 Å². The number of aryl methyl sites for hydroxylation is 1. The molecule has 0 bridgehead atoms. The number of aromatic nitrogens is 2. The summed E-state index contributed by atoms with van der Waals surface area (Å²) in [6.45, 7) is 4.23. The van der Waals surface area contributed by atoms with Gasteiger partial charge in [-0.15, -0.1) is 0 Å². The lowest BCUT2D eigenvalue weighted by molar-refractivity contribution is 0.415. The van der Waals surface area contributed by atoms with Crippen LogP contribution in [0.5, 0.6) is 5.75 Å². The molecule has 0 spiro atoms. The maximum Gasteiger partial charge on any atom is 0.139 e. The summed E-state index contributed by atoms with van der Waals surface area (Å²) in [5.74, 6) is 0.692. The van der Waals surface area contributed by atoms with Crippen LogP contribution < -0.4 is 15.0 Å². The van der Waals surface area contributed by atoms with Crippen molar-refractivity contribution < 1.29 is 4.74 Å². The lowest BCUT2D eigenvalue weighted by atomic mass is 10.1. The van der Waals surface area contributed by atoms with Gasteiger partial charge in [0.05, 0.1) is 17.8 Å². The Bertz CT molecular complexity index is 1030. The molecule has 3 heterocycles. The molecule has 0 amide bonds. The zero-order valence-electron chi connectivity index (χ0n) is 16.3. The predicted octanol–water partition coefficient (Wildman–Crippen LogP) is 4.30. The molecule has 5 nitrogen and oxygen atoms in total. The lowest BCUT2D eigenvalue weighted by Crippen LogP contribution is -2.33. The van der Waals surface area contributed by atoms with Gasteiger partial charge in [-0.3, -0.25) is 0 Å². The van der Waals surface area contributed by atoms with Gasteiger partial charge in [0, 0.05) is 54.9 Å². The maximum absolute atomic E-state index is 6.34. The van der Waals surface area contributed by atoms with Crippen molar-refractivity contribution in [2.24, 2.45) is 0 Å². The van der Waals surface area contributed by atoms with Crippen molar-refractivity contribution in [3.8, 4) is 17.0 Å². The van der Waals surface area contributed by atoms with Crippen molar-refractivity contribution in [3.63, 3.8) is 0 Å². The van der Waals surface area contributed by atoms with E-state index in [-0.39, 0.29) is 0 Å². The maximum atomic E-state index is 6.34. The number of pyridine rings is 1. The second kappa shape index (κ2) is 6.98. The van der Waals surface area contributed by atoms with Crippen LogP contribution in [0.25, 0.3) is 16.9 Å². The zero-order valence-corrected chi connectivity index (χ0v) is 17.0. The molecular weight excluding hydrogens is 372 g/mol. The molecule has 1 N–H and O–H groups in total. The third kappa shape index (κ3) is 3.33. The zero-order chi connectivity index (χ0) is 19.3. The molecule has 1 aliphatic carbocycles. The van der Waals surface area contributed by atoms with Gasteiger partial charge in [-0.05, 0) is 49.9 Å². The van der Waals surface area contributed by atoms with E-state index >= 15 is 0 Å². The van der Waals surface area contributed by atoms with Gasteiger partial charge in [-0.25, -0.2) is 4.98 Å². The summed E-state index contributed by atoms with van der Waals surface area (Å²) >= 11 is 6.34. The summed E-state index contributed by atoms with van der Waals surface area (Å²) in [6.07, 6.45) is 8.06. The SMILES string of the molecule is COc1cc(C)c(-c2cn3ccc(N4CCC(NC5CC5)C4)cc3n2)cc1Cl. The van der Waals surface area contributed by atoms with Gasteiger partial charge in [0.25, 0.3) is 0 Å². The van der Waals surface area contributed by atoms with E-state index in [2.05, 4.69) is 46.1 Å². The average Bonchev–Trinajstić information content (AvgIpc) is 3.21. The highest BCUT2D eigenvalue weighted by atomic mass is 35.5. The first kappa shape index (κ1) is 17.8. The fourth-order valence-electron chi connectivity index (χ4n) is 4.10. The van der Waals surface area contributed by atoms with Gasteiger partial charge in [0.15, 0.2) is 0 Å². The molecule has 5 rings (SSSR count). The highest BCUT2D eigenvalue weighted by molar-refractivity contribution is 6.32.